The predicted molar refractivity (Wildman–Crippen MR) is 111 cm³/mol. The number of H-pyrrole nitrogens is 1. The SMILES string of the molecule is C[C@@H](c1nc2c(F)c(F)ccc2[nH]1)C1CCC(c2ccnc3ccc(F)cc23)CC1. The average Bonchev–Trinajstić information content (AvgIpc) is 3.21. The molecule has 3 nitrogen and oxygen atoms in total. The minimum absolute atomic E-state index is 0.0656. The Kier molecular flexibility index (Phi) is 4.72. The zero-order valence-corrected chi connectivity index (χ0v) is 16.6. The van der Waals surface area contributed by atoms with Crippen molar-refractivity contribution in [3.05, 3.63) is 71.4 Å². The third kappa shape index (κ3) is 3.24. The number of nitrogens with zero attached hydrogens (tertiary/aromatic N) is 2. The first-order chi connectivity index (χ1) is 14.5. The number of aromatic amines is 1. The van der Waals surface area contributed by atoms with Crippen molar-refractivity contribution < 1.29 is 13.2 Å². The number of pyridine rings is 1. The molecule has 4 aromatic rings. The number of nitrogens with one attached hydrogen (secondary N) is 1. The zero-order valence-electron chi connectivity index (χ0n) is 16.6. The number of fused-ring (bicyclic) bond motifs is 2. The van der Waals surface area contributed by atoms with E-state index in [9.17, 15) is 13.2 Å². The molecule has 0 radical (unpaired) electrons. The molecule has 30 heavy (non-hydrogen) atoms. The highest BCUT2D eigenvalue weighted by Crippen LogP contribution is 2.43. The Bertz CT molecular complexity index is 1230. The van der Waals surface area contributed by atoms with Gasteiger partial charge in [0.15, 0.2) is 11.6 Å². The minimum atomic E-state index is -0.900. The van der Waals surface area contributed by atoms with E-state index in [0.717, 1.165) is 48.2 Å². The summed E-state index contributed by atoms with van der Waals surface area (Å²) in [6, 6.07) is 9.41. The Morgan fingerprint density at radius 2 is 1.80 bits per heavy atom. The molecule has 0 aliphatic heterocycles. The van der Waals surface area contributed by atoms with Crippen LogP contribution in [0, 0.1) is 23.4 Å². The van der Waals surface area contributed by atoms with Crippen molar-refractivity contribution in [2.24, 2.45) is 5.92 Å². The fraction of sp³-hybridized carbons (Fsp3) is 0.333. The van der Waals surface area contributed by atoms with Gasteiger partial charge in [0.1, 0.15) is 17.2 Å². The van der Waals surface area contributed by atoms with E-state index in [1.165, 1.54) is 12.1 Å². The molecule has 0 amide bonds. The monoisotopic (exact) mass is 409 g/mol. The molecule has 6 heteroatoms. The lowest BCUT2D eigenvalue weighted by Gasteiger charge is -2.32. The van der Waals surface area contributed by atoms with E-state index >= 15 is 0 Å². The Labute approximate surface area is 172 Å². The van der Waals surface area contributed by atoms with Gasteiger partial charge in [-0.05, 0) is 79.5 Å². The molecule has 1 aliphatic rings. The summed E-state index contributed by atoms with van der Waals surface area (Å²) < 4.78 is 41.3. The molecule has 0 spiro atoms. The van der Waals surface area contributed by atoms with Gasteiger partial charge in [-0.3, -0.25) is 4.98 Å². The predicted octanol–water partition coefficient (Wildman–Crippen LogP) is 6.61. The van der Waals surface area contributed by atoms with Gasteiger partial charge in [0.05, 0.1) is 11.0 Å². The third-order valence-electron chi connectivity index (χ3n) is 6.65. The largest absolute Gasteiger partial charge is 0.342 e. The second-order valence-corrected chi connectivity index (χ2v) is 8.34. The van der Waals surface area contributed by atoms with Crippen molar-refractivity contribution in [1.29, 1.82) is 0 Å². The van der Waals surface area contributed by atoms with Crippen LogP contribution in [0.2, 0.25) is 0 Å². The van der Waals surface area contributed by atoms with Crippen LogP contribution in [0.1, 0.15) is 55.8 Å². The Morgan fingerprint density at radius 1 is 1.00 bits per heavy atom. The molecular weight excluding hydrogens is 387 g/mol. The molecule has 2 aromatic heterocycles. The van der Waals surface area contributed by atoms with Gasteiger partial charge >= 0.3 is 0 Å². The average molecular weight is 409 g/mol. The van der Waals surface area contributed by atoms with E-state index < -0.39 is 11.6 Å². The highest BCUT2D eigenvalue weighted by atomic mass is 19.2. The van der Waals surface area contributed by atoms with E-state index in [2.05, 4.69) is 21.9 Å². The summed E-state index contributed by atoms with van der Waals surface area (Å²) in [5.74, 6) is -0.436. The summed E-state index contributed by atoms with van der Waals surface area (Å²) in [7, 11) is 0. The van der Waals surface area contributed by atoms with Gasteiger partial charge in [0.25, 0.3) is 0 Å². The lowest BCUT2D eigenvalue weighted by molar-refractivity contribution is 0.286. The highest BCUT2D eigenvalue weighted by molar-refractivity contribution is 5.82. The van der Waals surface area contributed by atoms with Gasteiger partial charge in [-0.25, -0.2) is 18.2 Å². The van der Waals surface area contributed by atoms with Crippen LogP contribution in [0.25, 0.3) is 21.9 Å². The van der Waals surface area contributed by atoms with Crippen LogP contribution in [0.5, 0.6) is 0 Å². The maximum absolute atomic E-state index is 14.0. The molecule has 1 saturated carbocycles. The molecule has 2 heterocycles. The molecule has 2 aromatic carbocycles. The van der Waals surface area contributed by atoms with Crippen LogP contribution < -0.4 is 0 Å². The summed E-state index contributed by atoms with van der Waals surface area (Å²) >= 11 is 0. The van der Waals surface area contributed by atoms with Crippen molar-refractivity contribution in [1.82, 2.24) is 15.0 Å². The van der Waals surface area contributed by atoms with Crippen LogP contribution in [-0.2, 0) is 0 Å². The van der Waals surface area contributed by atoms with Crippen LogP contribution in [0.4, 0.5) is 13.2 Å². The molecule has 0 bridgehead atoms. The van der Waals surface area contributed by atoms with Gasteiger partial charge in [-0.1, -0.05) is 6.92 Å². The fourth-order valence-electron chi connectivity index (χ4n) is 4.90. The van der Waals surface area contributed by atoms with E-state index in [-0.39, 0.29) is 17.3 Å². The summed E-state index contributed by atoms with van der Waals surface area (Å²) in [5.41, 5.74) is 2.57. The lowest BCUT2D eigenvalue weighted by Crippen LogP contribution is -2.19. The second kappa shape index (κ2) is 7.42. The topological polar surface area (TPSA) is 41.6 Å². The molecule has 1 N–H and O–H groups in total. The standard InChI is InChI=1S/C24H22F3N3/c1-13(24-29-21-9-7-19(26)22(27)23(21)30-24)14-2-4-15(5-3-14)17-10-11-28-20-8-6-16(25)12-18(17)20/h6-15H,2-5H2,1H3,(H,29,30)/t13-,14?,15?/m1/s1. The number of aromatic nitrogens is 3. The summed E-state index contributed by atoms with van der Waals surface area (Å²) in [6.07, 6.45) is 5.78. The second-order valence-electron chi connectivity index (χ2n) is 8.34. The minimum Gasteiger partial charge on any atom is -0.342 e. The first-order valence-corrected chi connectivity index (χ1v) is 10.4. The van der Waals surface area contributed by atoms with Crippen LogP contribution >= 0.6 is 0 Å². The first-order valence-electron chi connectivity index (χ1n) is 10.4. The summed E-state index contributed by atoms with van der Waals surface area (Å²) in [6.45, 7) is 2.09. The van der Waals surface area contributed by atoms with Crippen molar-refractivity contribution in [2.75, 3.05) is 0 Å². The van der Waals surface area contributed by atoms with Crippen molar-refractivity contribution in [3.8, 4) is 0 Å². The molecular formula is C24H22F3N3. The van der Waals surface area contributed by atoms with Gasteiger partial charge in [-0.2, -0.15) is 0 Å². The smallest absolute Gasteiger partial charge is 0.186 e. The molecule has 0 unspecified atom stereocenters. The maximum Gasteiger partial charge on any atom is 0.186 e. The van der Waals surface area contributed by atoms with Gasteiger partial charge in [0.2, 0.25) is 0 Å². The van der Waals surface area contributed by atoms with Crippen LogP contribution in [0.15, 0.2) is 42.6 Å². The van der Waals surface area contributed by atoms with Gasteiger partial charge < -0.3 is 4.98 Å². The highest BCUT2D eigenvalue weighted by Gasteiger charge is 2.29. The number of rotatable bonds is 3. The fourth-order valence-corrected chi connectivity index (χ4v) is 4.90. The van der Waals surface area contributed by atoms with Crippen molar-refractivity contribution in [2.45, 2.75) is 44.4 Å². The van der Waals surface area contributed by atoms with E-state index in [1.807, 2.05) is 6.07 Å². The van der Waals surface area contributed by atoms with E-state index in [1.54, 1.807) is 18.3 Å². The molecule has 1 atom stereocenters. The van der Waals surface area contributed by atoms with E-state index in [0.29, 0.717) is 23.2 Å². The molecule has 1 fully saturated rings. The molecule has 0 saturated heterocycles. The normalized spacial score (nSPS) is 20.7. The molecule has 1 aliphatic carbocycles. The zero-order chi connectivity index (χ0) is 20.8. The lowest BCUT2D eigenvalue weighted by atomic mass is 9.73. The van der Waals surface area contributed by atoms with Gasteiger partial charge in [-0.15, -0.1) is 0 Å². The van der Waals surface area contributed by atoms with Crippen LogP contribution in [0.3, 0.4) is 0 Å². The Balaban J connectivity index is 1.35. The number of halogens is 3. The Hall–Kier alpha value is -2.89. The van der Waals surface area contributed by atoms with Crippen molar-refractivity contribution >= 4 is 21.9 Å². The molecule has 5 rings (SSSR count). The van der Waals surface area contributed by atoms with Crippen molar-refractivity contribution in [3.63, 3.8) is 0 Å². The third-order valence-corrected chi connectivity index (χ3v) is 6.65. The first kappa shape index (κ1) is 19.1. The molecule has 154 valence electrons. The number of benzene rings is 2. The number of hydrogen-bond acceptors (Lipinski definition) is 2. The quantitative estimate of drug-likeness (QED) is 0.414. The Morgan fingerprint density at radius 3 is 2.60 bits per heavy atom. The van der Waals surface area contributed by atoms with E-state index in [4.69, 9.17) is 0 Å². The van der Waals surface area contributed by atoms with Crippen LogP contribution in [-0.4, -0.2) is 15.0 Å². The maximum atomic E-state index is 14.0. The summed E-state index contributed by atoms with van der Waals surface area (Å²) in [4.78, 5) is 11.9. The number of hydrogen-bond donors (Lipinski definition) is 1. The summed E-state index contributed by atoms with van der Waals surface area (Å²) in [5, 5.41) is 0.892. The number of imidazole rings is 1. The van der Waals surface area contributed by atoms with Gasteiger partial charge in [0, 0.05) is 17.5 Å².